The van der Waals surface area contributed by atoms with E-state index in [1.165, 1.54) is 10.8 Å². The highest BCUT2D eigenvalue weighted by atomic mass is 16.6. The van der Waals surface area contributed by atoms with Crippen molar-refractivity contribution in [2.75, 3.05) is 6.61 Å². The van der Waals surface area contributed by atoms with Crippen molar-refractivity contribution >= 4 is 11.8 Å². The number of carbonyl (C=O) groups excluding carboxylic acids is 1. The number of rotatable bonds is 7. The van der Waals surface area contributed by atoms with Gasteiger partial charge in [-0.3, -0.25) is 4.79 Å². The molecule has 18 heavy (non-hydrogen) atoms. The Balaban J connectivity index is 2.46. The molecule has 1 rings (SSSR count). The van der Waals surface area contributed by atoms with E-state index < -0.39 is 4.92 Å². The van der Waals surface area contributed by atoms with Gasteiger partial charge in [-0.2, -0.15) is 0 Å². The summed E-state index contributed by atoms with van der Waals surface area (Å²) >= 11 is 0. The van der Waals surface area contributed by atoms with Gasteiger partial charge >= 0.3 is 11.8 Å². The number of imidazole rings is 1. The van der Waals surface area contributed by atoms with Crippen LogP contribution in [-0.2, 0) is 16.1 Å². The molecule has 0 fully saturated rings. The van der Waals surface area contributed by atoms with Gasteiger partial charge in [0.2, 0.25) is 0 Å². The molecule has 0 aliphatic rings. The normalized spacial score (nSPS) is 10.3. The van der Waals surface area contributed by atoms with E-state index in [4.69, 9.17) is 4.74 Å². The van der Waals surface area contributed by atoms with E-state index in [1.54, 1.807) is 6.92 Å². The largest absolute Gasteiger partial charge is 0.461 e. The van der Waals surface area contributed by atoms with Crippen LogP contribution in [0.5, 0.6) is 0 Å². The van der Waals surface area contributed by atoms with Crippen molar-refractivity contribution in [3.05, 3.63) is 22.1 Å². The molecule has 0 aliphatic heterocycles. The average Bonchev–Trinajstić information content (AvgIpc) is 2.68. The Morgan fingerprint density at radius 2 is 2.33 bits per heavy atom. The van der Waals surface area contributed by atoms with Crippen molar-refractivity contribution in [3.63, 3.8) is 0 Å². The quantitative estimate of drug-likeness (QED) is 0.421. The fourth-order valence-electron chi connectivity index (χ4n) is 1.52. The monoisotopic (exact) mass is 255 g/mol. The molecule has 100 valence electrons. The summed E-state index contributed by atoms with van der Waals surface area (Å²) in [5, 5.41) is 10.7. The number of ether oxygens (including phenoxy) is 1. The first-order valence-corrected chi connectivity index (χ1v) is 5.88. The van der Waals surface area contributed by atoms with Crippen LogP contribution in [0.2, 0.25) is 0 Å². The molecule has 0 aromatic carbocycles. The average molecular weight is 255 g/mol. The molecule has 0 atom stereocenters. The Labute approximate surface area is 105 Å². The lowest BCUT2D eigenvalue weighted by Gasteiger charge is -2.04. The lowest BCUT2D eigenvalue weighted by atomic mass is 10.2. The summed E-state index contributed by atoms with van der Waals surface area (Å²) in [4.78, 5) is 25.3. The summed E-state index contributed by atoms with van der Waals surface area (Å²) in [6.07, 6.45) is 3.32. The molecule has 1 aromatic rings. The fraction of sp³-hybridized carbons (Fsp3) is 0.636. The third-order valence-corrected chi connectivity index (χ3v) is 2.53. The Hall–Kier alpha value is -1.92. The smallest absolute Gasteiger partial charge is 0.342 e. The van der Waals surface area contributed by atoms with E-state index >= 15 is 0 Å². The SMILES string of the molecule is CCCCC(=O)OCCn1c([N+](=O)[O-])cnc1C. The molecular formula is C11H17N3O4. The number of aromatic nitrogens is 2. The second-order valence-corrected chi connectivity index (χ2v) is 3.90. The van der Waals surface area contributed by atoms with Crippen LogP contribution in [0.3, 0.4) is 0 Å². The van der Waals surface area contributed by atoms with Crippen LogP contribution in [0.1, 0.15) is 32.0 Å². The van der Waals surface area contributed by atoms with Gasteiger partial charge in [0.1, 0.15) is 19.3 Å². The number of carbonyl (C=O) groups is 1. The first kappa shape index (κ1) is 14.1. The standard InChI is InChI=1S/C11H17N3O4/c1-3-4-5-11(15)18-7-6-13-9(2)12-8-10(13)14(16)17/h8H,3-7H2,1-2H3. The predicted octanol–water partition coefficient (Wildman–Crippen LogP) is 1.83. The summed E-state index contributed by atoms with van der Waals surface area (Å²) in [5.74, 6) is 0.181. The van der Waals surface area contributed by atoms with Crippen LogP contribution in [-0.4, -0.2) is 27.1 Å². The molecule has 1 aromatic heterocycles. The molecule has 1 heterocycles. The maximum absolute atomic E-state index is 11.3. The van der Waals surface area contributed by atoms with Crippen molar-refractivity contribution in [3.8, 4) is 0 Å². The van der Waals surface area contributed by atoms with Gasteiger partial charge in [-0.05, 0) is 11.3 Å². The summed E-state index contributed by atoms with van der Waals surface area (Å²) in [5.41, 5.74) is 0. The number of esters is 1. The molecule has 0 saturated heterocycles. The van der Waals surface area contributed by atoms with Gasteiger partial charge in [0.25, 0.3) is 0 Å². The van der Waals surface area contributed by atoms with E-state index in [0.29, 0.717) is 12.2 Å². The molecule has 0 radical (unpaired) electrons. The zero-order chi connectivity index (χ0) is 13.5. The number of nitro groups is 1. The first-order valence-electron chi connectivity index (χ1n) is 5.88. The lowest BCUT2D eigenvalue weighted by molar-refractivity contribution is -0.392. The Morgan fingerprint density at radius 1 is 1.61 bits per heavy atom. The highest BCUT2D eigenvalue weighted by Crippen LogP contribution is 2.13. The molecule has 0 N–H and O–H groups in total. The second kappa shape index (κ2) is 6.73. The van der Waals surface area contributed by atoms with Crippen molar-refractivity contribution in [1.29, 1.82) is 0 Å². The van der Waals surface area contributed by atoms with Crippen LogP contribution in [0.4, 0.5) is 5.82 Å². The highest BCUT2D eigenvalue weighted by molar-refractivity contribution is 5.69. The zero-order valence-electron chi connectivity index (χ0n) is 10.6. The maximum atomic E-state index is 11.3. The number of hydrogen-bond donors (Lipinski definition) is 0. The molecule has 0 unspecified atom stereocenters. The maximum Gasteiger partial charge on any atom is 0.342 e. The first-order chi connectivity index (χ1) is 8.56. The lowest BCUT2D eigenvalue weighted by Crippen LogP contribution is -2.13. The fourth-order valence-corrected chi connectivity index (χ4v) is 1.52. The van der Waals surface area contributed by atoms with Gasteiger partial charge in [0.15, 0.2) is 5.82 Å². The molecule has 0 aliphatic carbocycles. The van der Waals surface area contributed by atoms with Crippen LogP contribution >= 0.6 is 0 Å². The Morgan fingerprint density at radius 3 is 2.94 bits per heavy atom. The van der Waals surface area contributed by atoms with E-state index in [9.17, 15) is 14.9 Å². The summed E-state index contributed by atoms with van der Waals surface area (Å²) in [6.45, 7) is 4.04. The molecule has 7 heteroatoms. The highest BCUT2D eigenvalue weighted by Gasteiger charge is 2.17. The zero-order valence-corrected chi connectivity index (χ0v) is 10.6. The van der Waals surface area contributed by atoms with Crippen LogP contribution in [0, 0.1) is 17.0 Å². The molecule has 0 amide bonds. The second-order valence-electron chi connectivity index (χ2n) is 3.90. The number of unbranched alkanes of at least 4 members (excludes halogenated alkanes) is 1. The molecule has 0 spiro atoms. The number of aryl methyl sites for hydroxylation is 1. The van der Waals surface area contributed by atoms with E-state index in [0.717, 1.165) is 12.8 Å². The Bertz CT molecular complexity index is 428. The Kier molecular flexibility index (Phi) is 5.29. The van der Waals surface area contributed by atoms with Gasteiger partial charge < -0.3 is 14.9 Å². The van der Waals surface area contributed by atoms with Crippen molar-refractivity contribution in [1.82, 2.24) is 9.55 Å². The number of nitrogens with zero attached hydrogens (tertiary/aromatic N) is 3. The van der Waals surface area contributed by atoms with Gasteiger partial charge in [-0.15, -0.1) is 0 Å². The molecular weight excluding hydrogens is 238 g/mol. The molecule has 0 saturated carbocycles. The van der Waals surface area contributed by atoms with Crippen LogP contribution in [0.15, 0.2) is 6.20 Å². The summed E-state index contributed by atoms with van der Waals surface area (Å²) < 4.78 is 6.42. The van der Waals surface area contributed by atoms with E-state index in [2.05, 4.69) is 4.98 Å². The molecule has 0 bridgehead atoms. The van der Waals surface area contributed by atoms with Crippen molar-refractivity contribution in [2.45, 2.75) is 39.7 Å². The van der Waals surface area contributed by atoms with E-state index in [1.807, 2.05) is 6.92 Å². The van der Waals surface area contributed by atoms with Gasteiger partial charge in [0.05, 0.1) is 0 Å². The summed E-state index contributed by atoms with van der Waals surface area (Å²) in [7, 11) is 0. The van der Waals surface area contributed by atoms with Crippen LogP contribution in [0.25, 0.3) is 0 Å². The van der Waals surface area contributed by atoms with Crippen molar-refractivity contribution in [2.24, 2.45) is 0 Å². The minimum atomic E-state index is -0.501. The predicted molar refractivity (Wildman–Crippen MR) is 64.1 cm³/mol. The van der Waals surface area contributed by atoms with Gasteiger partial charge in [-0.25, -0.2) is 9.55 Å². The summed E-state index contributed by atoms with van der Waals surface area (Å²) in [6, 6.07) is 0. The minimum absolute atomic E-state index is 0.0860. The van der Waals surface area contributed by atoms with Crippen LogP contribution < -0.4 is 0 Å². The minimum Gasteiger partial charge on any atom is -0.461 e. The number of hydrogen-bond acceptors (Lipinski definition) is 5. The van der Waals surface area contributed by atoms with E-state index in [-0.39, 0.29) is 24.9 Å². The third kappa shape index (κ3) is 3.83. The third-order valence-electron chi connectivity index (χ3n) is 2.53. The van der Waals surface area contributed by atoms with Gasteiger partial charge in [0, 0.05) is 13.3 Å². The topological polar surface area (TPSA) is 87.3 Å². The van der Waals surface area contributed by atoms with Crippen molar-refractivity contribution < 1.29 is 14.5 Å². The van der Waals surface area contributed by atoms with Gasteiger partial charge in [-0.1, -0.05) is 13.3 Å². The molecule has 7 nitrogen and oxygen atoms in total.